The van der Waals surface area contributed by atoms with Gasteiger partial charge in [0.1, 0.15) is 12.4 Å². The van der Waals surface area contributed by atoms with Crippen LogP contribution in [0.4, 0.5) is 15.8 Å². The fourth-order valence-electron chi connectivity index (χ4n) is 2.61. The lowest BCUT2D eigenvalue weighted by Crippen LogP contribution is -2.38. The van der Waals surface area contributed by atoms with Crippen LogP contribution in [0.15, 0.2) is 36.4 Å². The van der Waals surface area contributed by atoms with Crippen molar-refractivity contribution in [3.63, 3.8) is 0 Å². The highest BCUT2D eigenvalue weighted by atomic mass is 35.5. The van der Waals surface area contributed by atoms with Gasteiger partial charge in [0, 0.05) is 24.1 Å². The summed E-state index contributed by atoms with van der Waals surface area (Å²) in [5.74, 6) is -2.05. The van der Waals surface area contributed by atoms with E-state index in [1.54, 1.807) is 12.1 Å². The zero-order valence-electron chi connectivity index (χ0n) is 15.9. The van der Waals surface area contributed by atoms with Gasteiger partial charge in [-0.2, -0.15) is 0 Å². The van der Waals surface area contributed by atoms with Crippen LogP contribution >= 0.6 is 23.2 Å². The predicted molar refractivity (Wildman–Crippen MR) is 112 cm³/mol. The summed E-state index contributed by atoms with van der Waals surface area (Å²) in [5.41, 5.74) is 0.384. The number of anilines is 2. The van der Waals surface area contributed by atoms with E-state index in [0.29, 0.717) is 28.7 Å². The molecular formula is C20H20Cl2FN3O3. The van der Waals surface area contributed by atoms with E-state index < -0.39 is 23.5 Å². The lowest BCUT2D eigenvalue weighted by Gasteiger charge is -2.22. The fraction of sp³-hybridized carbons (Fsp3) is 0.250. The first-order valence-corrected chi connectivity index (χ1v) is 9.58. The lowest BCUT2D eigenvalue weighted by molar-refractivity contribution is -0.117. The van der Waals surface area contributed by atoms with Crippen LogP contribution in [0, 0.1) is 5.82 Å². The molecule has 2 N–H and O–H groups in total. The predicted octanol–water partition coefficient (Wildman–Crippen LogP) is 4.58. The average molecular weight is 440 g/mol. The number of carbonyl (C=O) groups is 3. The molecule has 0 aliphatic rings. The number of amides is 3. The minimum atomic E-state index is -0.660. The molecule has 0 fully saturated rings. The first-order valence-electron chi connectivity index (χ1n) is 8.82. The molecule has 0 spiro atoms. The van der Waals surface area contributed by atoms with Gasteiger partial charge in [0.15, 0.2) is 0 Å². The van der Waals surface area contributed by atoms with E-state index in [9.17, 15) is 18.8 Å². The highest BCUT2D eigenvalue weighted by Gasteiger charge is 2.20. The second kappa shape index (κ2) is 10.2. The molecule has 9 heteroatoms. The average Bonchev–Trinajstić information content (AvgIpc) is 2.65. The van der Waals surface area contributed by atoms with E-state index in [1.807, 2.05) is 6.92 Å². The van der Waals surface area contributed by atoms with Crippen LogP contribution in [0.25, 0.3) is 0 Å². The Morgan fingerprint density at radius 1 is 1.03 bits per heavy atom. The van der Waals surface area contributed by atoms with Gasteiger partial charge in [0.2, 0.25) is 11.8 Å². The largest absolute Gasteiger partial charge is 0.329 e. The maximum absolute atomic E-state index is 13.8. The monoisotopic (exact) mass is 439 g/mol. The molecule has 3 amide bonds. The number of halogens is 3. The van der Waals surface area contributed by atoms with E-state index in [4.69, 9.17) is 23.2 Å². The Morgan fingerprint density at radius 2 is 1.76 bits per heavy atom. The summed E-state index contributed by atoms with van der Waals surface area (Å²) in [6.07, 6.45) is 0.608. The van der Waals surface area contributed by atoms with E-state index in [1.165, 1.54) is 30.0 Å². The molecular weight excluding hydrogens is 420 g/mol. The van der Waals surface area contributed by atoms with Gasteiger partial charge in [-0.1, -0.05) is 30.1 Å². The van der Waals surface area contributed by atoms with Crippen LogP contribution in [0.3, 0.4) is 0 Å². The molecule has 0 saturated carbocycles. The second-order valence-corrected chi connectivity index (χ2v) is 7.12. The molecule has 0 aromatic heterocycles. The molecule has 2 rings (SSSR count). The standard InChI is InChI=1S/C20H20Cl2FN3O3/c1-3-8-26(11-19(28)25-17-10-14(21)5-6-15(17)22)20(29)13-4-7-16(23)18(9-13)24-12(2)27/h4-7,9-10H,3,8,11H2,1-2H3,(H,24,27)(H,25,28). The third-order valence-electron chi connectivity index (χ3n) is 3.84. The molecule has 29 heavy (non-hydrogen) atoms. The smallest absolute Gasteiger partial charge is 0.254 e. The fourth-order valence-corrected chi connectivity index (χ4v) is 2.94. The van der Waals surface area contributed by atoms with Crippen molar-refractivity contribution in [1.82, 2.24) is 4.90 Å². The van der Waals surface area contributed by atoms with Gasteiger partial charge in [-0.15, -0.1) is 0 Å². The summed E-state index contributed by atoms with van der Waals surface area (Å²) >= 11 is 12.0. The van der Waals surface area contributed by atoms with Gasteiger partial charge >= 0.3 is 0 Å². The number of nitrogens with zero attached hydrogens (tertiary/aromatic N) is 1. The Labute approximate surface area is 178 Å². The number of hydrogen-bond donors (Lipinski definition) is 2. The van der Waals surface area contributed by atoms with Crippen molar-refractivity contribution in [1.29, 1.82) is 0 Å². The SMILES string of the molecule is CCCN(CC(=O)Nc1cc(Cl)ccc1Cl)C(=O)c1ccc(F)c(NC(C)=O)c1. The minimum absolute atomic E-state index is 0.102. The first-order chi connectivity index (χ1) is 13.7. The van der Waals surface area contributed by atoms with Crippen molar-refractivity contribution in [2.45, 2.75) is 20.3 Å². The van der Waals surface area contributed by atoms with E-state index in [2.05, 4.69) is 10.6 Å². The lowest BCUT2D eigenvalue weighted by atomic mass is 10.1. The topological polar surface area (TPSA) is 78.5 Å². The van der Waals surface area contributed by atoms with Gasteiger partial charge < -0.3 is 15.5 Å². The van der Waals surface area contributed by atoms with Gasteiger partial charge in [-0.3, -0.25) is 14.4 Å². The van der Waals surface area contributed by atoms with Crippen molar-refractivity contribution in [3.8, 4) is 0 Å². The Morgan fingerprint density at radius 3 is 2.41 bits per heavy atom. The molecule has 2 aromatic carbocycles. The molecule has 0 aliphatic heterocycles. The van der Waals surface area contributed by atoms with Crippen molar-refractivity contribution in [3.05, 3.63) is 57.8 Å². The number of rotatable bonds is 7. The molecule has 6 nitrogen and oxygen atoms in total. The van der Waals surface area contributed by atoms with Crippen LogP contribution in [-0.4, -0.2) is 35.7 Å². The molecule has 0 bridgehead atoms. The normalized spacial score (nSPS) is 10.4. The van der Waals surface area contributed by atoms with Crippen LogP contribution < -0.4 is 10.6 Å². The van der Waals surface area contributed by atoms with Crippen molar-refractivity contribution >= 4 is 52.3 Å². The Kier molecular flexibility index (Phi) is 7.99. The van der Waals surface area contributed by atoms with E-state index in [-0.39, 0.29) is 17.8 Å². The van der Waals surface area contributed by atoms with E-state index >= 15 is 0 Å². The van der Waals surface area contributed by atoms with Crippen molar-refractivity contribution < 1.29 is 18.8 Å². The quantitative estimate of drug-likeness (QED) is 0.662. The molecule has 0 aliphatic carbocycles. The third kappa shape index (κ3) is 6.44. The molecule has 0 atom stereocenters. The zero-order valence-corrected chi connectivity index (χ0v) is 17.4. The van der Waals surface area contributed by atoms with Crippen LogP contribution in [0.2, 0.25) is 10.0 Å². The highest BCUT2D eigenvalue weighted by Crippen LogP contribution is 2.25. The molecule has 2 aromatic rings. The molecule has 0 radical (unpaired) electrons. The van der Waals surface area contributed by atoms with Gasteiger partial charge in [-0.25, -0.2) is 4.39 Å². The summed E-state index contributed by atoms with van der Waals surface area (Å²) in [6, 6.07) is 8.29. The maximum atomic E-state index is 13.8. The number of benzene rings is 2. The Bertz CT molecular complexity index is 937. The Hall–Kier alpha value is -2.64. The molecule has 0 heterocycles. The number of nitrogens with one attached hydrogen (secondary N) is 2. The van der Waals surface area contributed by atoms with Gasteiger partial charge in [-0.05, 0) is 42.8 Å². The third-order valence-corrected chi connectivity index (χ3v) is 4.41. The summed E-state index contributed by atoms with van der Waals surface area (Å²) in [7, 11) is 0. The summed E-state index contributed by atoms with van der Waals surface area (Å²) in [6.45, 7) is 3.17. The summed E-state index contributed by atoms with van der Waals surface area (Å²) in [5, 5.41) is 5.68. The Balaban J connectivity index is 2.18. The maximum Gasteiger partial charge on any atom is 0.254 e. The highest BCUT2D eigenvalue weighted by molar-refractivity contribution is 6.35. The van der Waals surface area contributed by atoms with Crippen LogP contribution in [0.1, 0.15) is 30.6 Å². The van der Waals surface area contributed by atoms with Crippen molar-refractivity contribution in [2.75, 3.05) is 23.7 Å². The zero-order chi connectivity index (χ0) is 21.6. The summed E-state index contributed by atoms with van der Waals surface area (Å²) in [4.78, 5) is 37.8. The van der Waals surface area contributed by atoms with E-state index in [0.717, 1.165) is 6.07 Å². The van der Waals surface area contributed by atoms with Crippen LogP contribution in [0.5, 0.6) is 0 Å². The number of carbonyl (C=O) groups excluding carboxylic acids is 3. The van der Waals surface area contributed by atoms with Gasteiger partial charge in [0.25, 0.3) is 5.91 Å². The van der Waals surface area contributed by atoms with Crippen molar-refractivity contribution in [2.24, 2.45) is 0 Å². The molecule has 0 saturated heterocycles. The number of hydrogen-bond acceptors (Lipinski definition) is 3. The minimum Gasteiger partial charge on any atom is -0.329 e. The molecule has 154 valence electrons. The van der Waals surface area contributed by atoms with Gasteiger partial charge in [0.05, 0.1) is 16.4 Å². The second-order valence-electron chi connectivity index (χ2n) is 6.27. The first kappa shape index (κ1) is 22.6. The summed E-state index contributed by atoms with van der Waals surface area (Å²) < 4.78 is 13.8. The van der Waals surface area contributed by atoms with Crippen LogP contribution in [-0.2, 0) is 9.59 Å². The molecule has 0 unspecified atom stereocenters.